The molecule has 0 radical (unpaired) electrons. The summed E-state index contributed by atoms with van der Waals surface area (Å²) in [6.45, 7) is 0. The lowest BCUT2D eigenvalue weighted by Crippen LogP contribution is -1.95. The maximum absolute atomic E-state index is 9.37. The van der Waals surface area contributed by atoms with Gasteiger partial charge in [0.1, 0.15) is 11.8 Å². The van der Waals surface area contributed by atoms with Gasteiger partial charge in [-0.2, -0.15) is 5.26 Å². The van der Waals surface area contributed by atoms with E-state index >= 15 is 0 Å². The van der Waals surface area contributed by atoms with Crippen LogP contribution < -0.4 is 0 Å². The SMILES string of the molecule is N#Cc1cc(-c2cccc(-c3cc4c(c5ccccc35)c3c5ccccc5ccc3n4-c3ccccc3)n2)ccn1. The fourth-order valence-electron chi connectivity index (χ4n) is 6.10. The van der Waals surface area contributed by atoms with Crippen molar-refractivity contribution in [1.29, 1.82) is 5.26 Å². The summed E-state index contributed by atoms with van der Waals surface area (Å²) in [5.74, 6) is 0. The fraction of sp³-hybridized carbons (Fsp3) is 0. The zero-order valence-electron chi connectivity index (χ0n) is 22.0. The standard InChI is InChI=1S/C37H22N4/c38-23-26-21-25(19-20-39-26)32-15-8-16-33(40-32)31-22-35-37(30-14-7-6-13-29(30)31)36-28-12-5-4-9-24(28)17-18-34(36)41(35)27-10-2-1-3-11-27/h1-22H. The van der Waals surface area contributed by atoms with Crippen LogP contribution in [0.4, 0.5) is 0 Å². The second-order valence-electron chi connectivity index (χ2n) is 10.2. The first-order valence-corrected chi connectivity index (χ1v) is 13.6. The van der Waals surface area contributed by atoms with Gasteiger partial charge in [-0.3, -0.25) is 0 Å². The van der Waals surface area contributed by atoms with E-state index in [0.717, 1.165) is 39.1 Å². The third-order valence-electron chi connectivity index (χ3n) is 7.87. The minimum absolute atomic E-state index is 0.376. The van der Waals surface area contributed by atoms with Gasteiger partial charge in [-0.1, -0.05) is 78.9 Å². The van der Waals surface area contributed by atoms with Gasteiger partial charge in [0.2, 0.25) is 0 Å². The Morgan fingerprint density at radius 1 is 0.585 bits per heavy atom. The van der Waals surface area contributed by atoms with Crippen LogP contribution in [-0.4, -0.2) is 14.5 Å². The molecular formula is C37H22N4. The molecular weight excluding hydrogens is 500 g/mol. The van der Waals surface area contributed by atoms with Crippen molar-refractivity contribution in [3.63, 3.8) is 0 Å². The number of hydrogen-bond donors (Lipinski definition) is 0. The summed E-state index contributed by atoms with van der Waals surface area (Å²) < 4.78 is 2.37. The number of para-hydroxylation sites is 1. The summed E-state index contributed by atoms with van der Waals surface area (Å²) >= 11 is 0. The lowest BCUT2D eigenvalue weighted by Gasteiger charge is -2.12. The molecule has 0 aliphatic carbocycles. The Balaban J connectivity index is 1.51. The van der Waals surface area contributed by atoms with Crippen LogP contribution in [0.25, 0.3) is 71.6 Å². The molecule has 0 amide bonds. The van der Waals surface area contributed by atoms with Crippen LogP contribution in [0.3, 0.4) is 0 Å². The van der Waals surface area contributed by atoms with Gasteiger partial charge in [0, 0.05) is 33.8 Å². The second-order valence-corrected chi connectivity index (χ2v) is 10.2. The molecule has 0 bridgehead atoms. The Kier molecular flexibility index (Phi) is 5.16. The molecule has 8 aromatic rings. The minimum Gasteiger partial charge on any atom is -0.309 e. The lowest BCUT2D eigenvalue weighted by atomic mass is 9.95. The largest absolute Gasteiger partial charge is 0.309 e. The highest BCUT2D eigenvalue weighted by atomic mass is 15.0. The van der Waals surface area contributed by atoms with Gasteiger partial charge < -0.3 is 4.57 Å². The molecule has 3 heterocycles. The van der Waals surface area contributed by atoms with Gasteiger partial charge in [0.25, 0.3) is 0 Å². The van der Waals surface area contributed by atoms with Crippen LogP contribution in [0, 0.1) is 11.3 Å². The Bertz CT molecular complexity index is 2320. The van der Waals surface area contributed by atoms with Crippen molar-refractivity contribution in [2.75, 3.05) is 0 Å². The van der Waals surface area contributed by atoms with Crippen LogP contribution >= 0.6 is 0 Å². The quantitative estimate of drug-likeness (QED) is 0.232. The molecule has 0 N–H and O–H groups in total. The molecule has 0 unspecified atom stereocenters. The monoisotopic (exact) mass is 522 g/mol. The van der Waals surface area contributed by atoms with E-state index in [-0.39, 0.29) is 0 Å². The third kappa shape index (κ3) is 3.61. The molecule has 8 rings (SSSR count). The molecule has 3 aromatic heterocycles. The zero-order valence-corrected chi connectivity index (χ0v) is 22.0. The van der Waals surface area contributed by atoms with Crippen LogP contribution in [0.1, 0.15) is 5.69 Å². The summed E-state index contributed by atoms with van der Waals surface area (Å²) in [4.78, 5) is 9.23. The first-order chi connectivity index (χ1) is 20.3. The smallest absolute Gasteiger partial charge is 0.141 e. The lowest BCUT2D eigenvalue weighted by molar-refractivity contribution is 1.18. The summed E-state index contributed by atoms with van der Waals surface area (Å²) in [6.07, 6.45) is 1.66. The molecule has 5 aromatic carbocycles. The molecule has 0 fully saturated rings. The Morgan fingerprint density at radius 3 is 2.17 bits per heavy atom. The number of hydrogen-bond acceptors (Lipinski definition) is 3. The third-order valence-corrected chi connectivity index (χ3v) is 7.87. The predicted molar refractivity (Wildman–Crippen MR) is 167 cm³/mol. The van der Waals surface area contributed by atoms with Crippen LogP contribution in [0.2, 0.25) is 0 Å². The maximum Gasteiger partial charge on any atom is 0.141 e. The molecule has 0 aliphatic heterocycles. The Labute approximate surface area is 236 Å². The Morgan fingerprint density at radius 2 is 1.32 bits per heavy atom. The average molecular weight is 523 g/mol. The molecule has 0 spiro atoms. The summed E-state index contributed by atoms with van der Waals surface area (Å²) in [5.41, 5.74) is 7.43. The van der Waals surface area contributed by atoms with Gasteiger partial charge in [0.15, 0.2) is 0 Å². The highest BCUT2D eigenvalue weighted by molar-refractivity contribution is 6.30. The number of nitriles is 1. The second kappa shape index (κ2) is 9.15. The first-order valence-electron chi connectivity index (χ1n) is 13.6. The van der Waals surface area contributed by atoms with E-state index in [0.29, 0.717) is 5.69 Å². The van der Waals surface area contributed by atoms with Gasteiger partial charge in [-0.15, -0.1) is 0 Å². The number of nitrogens with zero attached hydrogens (tertiary/aromatic N) is 4. The number of aromatic nitrogens is 3. The van der Waals surface area contributed by atoms with E-state index in [2.05, 4.69) is 119 Å². The molecule has 0 aliphatic rings. The van der Waals surface area contributed by atoms with E-state index in [1.54, 1.807) is 12.3 Å². The van der Waals surface area contributed by atoms with E-state index in [1.807, 2.05) is 18.2 Å². The van der Waals surface area contributed by atoms with E-state index in [1.165, 1.54) is 32.4 Å². The van der Waals surface area contributed by atoms with Gasteiger partial charge >= 0.3 is 0 Å². The van der Waals surface area contributed by atoms with Gasteiger partial charge in [-0.05, 0) is 70.1 Å². The van der Waals surface area contributed by atoms with Gasteiger partial charge in [0.05, 0.1) is 22.4 Å². The molecule has 0 atom stereocenters. The minimum atomic E-state index is 0.376. The molecule has 190 valence electrons. The van der Waals surface area contributed by atoms with Crippen molar-refractivity contribution in [2.45, 2.75) is 0 Å². The van der Waals surface area contributed by atoms with E-state index in [4.69, 9.17) is 4.98 Å². The van der Waals surface area contributed by atoms with E-state index < -0.39 is 0 Å². The fourth-order valence-corrected chi connectivity index (χ4v) is 6.10. The molecule has 4 nitrogen and oxygen atoms in total. The molecule has 41 heavy (non-hydrogen) atoms. The topological polar surface area (TPSA) is 54.5 Å². The van der Waals surface area contributed by atoms with Crippen molar-refractivity contribution >= 4 is 43.4 Å². The van der Waals surface area contributed by atoms with E-state index in [9.17, 15) is 5.26 Å². The van der Waals surface area contributed by atoms with Gasteiger partial charge in [-0.25, -0.2) is 9.97 Å². The normalized spacial score (nSPS) is 11.4. The summed E-state index contributed by atoms with van der Waals surface area (Å²) in [7, 11) is 0. The van der Waals surface area contributed by atoms with Crippen molar-refractivity contribution < 1.29 is 0 Å². The summed E-state index contributed by atoms with van der Waals surface area (Å²) in [6, 6.07) is 46.5. The molecule has 0 saturated carbocycles. The average Bonchev–Trinajstić information content (AvgIpc) is 3.40. The number of benzene rings is 5. The number of pyridine rings is 2. The zero-order chi connectivity index (χ0) is 27.3. The maximum atomic E-state index is 9.37. The van der Waals surface area contributed by atoms with Crippen LogP contribution in [-0.2, 0) is 0 Å². The Hall–Kier alpha value is -5.79. The highest BCUT2D eigenvalue weighted by Crippen LogP contribution is 2.43. The molecule has 0 saturated heterocycles. The number of fused-ring (bicyclic) bond motifs is 7. The van der Waals surface area contributed by atoms with Crippen molar-refractivity contribution in [1.82, 2.24) is 14.5 Å². The molecule has 4 heteroatoms. The van der Waals surface area contributed by atoms with Crippen molar-refractivity contribution in [3.05, 3.63) is 139 Å². The first kappa shape index (κ1) is 23.1. The van der Waals surface area contributed by atoms with Crippen molar-refractivity contribution in [2.24, 2.45) is 0 Å². The summed E-state index contributed by atoms with van der Waals surface area (Å²) in [5, 5.41) is 16.7. The number of rotatable bonds is 3. The van der Waals surface area contributed by atoms with Crippen molar-refractivity contribution in [3.8, 4) is 34.3 Å². The van der Waals surface area contributed by atoms with Crippen LogP contribution in [0.15, 0.2) is 134 Å². The van der Waals surface area contributed by atoms with Crippen LogP contribution in [0.5, 0.6) is 0 Å². The highest BCUT2D eigenvalue weighted by Gasteiger charge is 2.20. The predicted octanol–water partition coefficient (Wildman–Crippen LogP) is 9.09.